The fourth-order valence-electron chi connectivity index (χ4n) is 13.4. The molecule has 1 aliphatic heterocycles. The Kier molecular flexibility index (Phi) is 44.2. The Morgan fingerprint density at radius 1 is 0.465 bits per heavy atom. The number of aliphatic hydroxyl groups is 4. The molecule has 0 unspecified atom stereocenters. The van der Waals surface area contributed by atoms with Gasteiger partial charge in [-0.05, 0) is 120 Å². The maximum atomic E-state index is 14.9. The van der Waals surface area contributed by atoms with Crippen molar-refractivity contribution in [1.82, 2.24) is 99.9 Å². The zero-order valence-electron chi connectivity index (χ0n) is 71.1. The van der Waals surface area contributed by atoms with Crippen LogP contribution in [0.5, 0.6) is 0 Å². The molecule has 1 aliphatic rings. The third kappa shape index (κ3) is 35.3. The monoisotopic (exact) mass is 1830 g/mol. The van der Waals surface area contributed by atoms with Crippen molar-refractivity contribution in [2.45, 2.75) is 201 Å². The molecule has 1 fully saturated rings. The minimum Gasteiger partial charge on any atom is -0.481 e. The molecule has 710 valence electrons. The van der Waals surface area contributed by atoms with E-state index in [4.69, 9.17) is 39.2 Å². The summed E-state index contributed by atoms with van der Waals surface area (Å²) in [6, 6.07) is -9.55. The Morgan fingerprint density at radius 2 is 0.868 bits per heavy atom. The number of nitrogens with one attached hydrogen (secondary N) is 21. The van der Waals surface area contributed by atoms with Crippen molar-refractivity contribution >= 4 is 152 Å². The van der Waals surface area contributed by atoms with Crippen LogP contribution >= 0.6 is 11.8 Å². The van der Waals surface area contributed by atoms with E-state index in [1.165, 1.54) is 24.9 Å². The fourth-order valence-corrected chi connectivity index (χ4v) is 13.9. The number of hydrogen-bond donors (Lipinski definition) is 32. The second-order valence-corrected chi connectivity index (χ2v) is 31.2. The number of carboxylic acids is 3. The SMILES string of the molecule is CSCC[C@H](NC(=O)[C@H](CCCNC(=N)N)NC(=O)[C@H](CCC(=O)O)NC(=O)[C@H](CCCNC(=N)N)NC(=O)[C@H](C)NC(=O)[C@H](Cc1c[nH]c2ccccc12)NC(=O)[C@@H]1CCCN1C(=O)[C@H](CCC(=O)O)NC(=O)[C@@H](NC(=O)[C@H](Cc1c[nH]c2ccccc12)NC(=O)CNC(=O)[C@H](CO)NC(=O)[C@@H](N)CO)[C@@H](C)O)C(=O)N[C@@H](CO)C(=O)N[C@@H](CCCNC(=N)N)C(=O)O. The van der Waals surface area contributed by atoms with Gasteiger partial charge in [-0.25, -0.2) is 4.79 Å². The van der Waals surface area contributed by atoms with Crippen LogP contribution in [0.4, 0.5) is 0 Å². The van der Waals surface area contributed by atoms with Crippen LogP contribution in [0, 0.1) is 16.2 Å². The number of fused-ring (bicyclic) bond motifs is 2. The van der Waals surface area contributed by atoms with E-state index >= 15 is 0 Å². The summed E-state index contributed by atoms with van der Waals surface area (Å²) in [6.45, 7) is -1.69. The van der Waals surface area contributed by atoms with Crippen LogP contribution in [0.3, 0.4) is 0 Å². The summed E-state index contributed by atoms with van der Waals surface area (Å²) in [6.07, 6.45) is -1.43. The molecule has 50 nitrogen and oxygen atoms in total. The quantitative estimate of drug-likeness (QED) is 0.0111. The van der Waals surface area contributed by atoms with E-state index in [-0.39, 0.29) is 109 Å². The number of carbonyl (C=O) groups is 17. The Morgan fingerprint density at radius 3 is 1.33 bits per heavy atom. The number of aliphatic hydroxyl groups excluding tert-OH is 4. The highest BCUT2D eigenvalue weighted by Crippen LogP contribution is 2.24. The number of likely N-dealkylation sites (tertiary alicyclic amines) is 1. The number of carbonyl (C=O) groups excluding carboxylic acids is 14. The topological polar surface area (TPSA) is 835 Å². The van der Waals surface area contributed by atoms with E-state index in [2.05, 4.69) is 95.0 Å². The second-order valence-electron chi connectivity index (χ2n) is 30.2. The first-order valence-corrected chi connectivity index (χ1v) is 42.6. The van der Waals surface area contributed by atoms with Crippen LogP contribution in [0.1, 0.15) is 108 Å². The zero-order chi connectivity index (χ0) is 95.7. The van der Waals surface area contributed by atoms with Crippen molar-refractivity contribution < 1.29 is 117 Å². The first-order chi connectivity index (χ1) is 61.2. The molecular formula is C78H118N26O24S. The predicted octanol–water partition coefficient (Wildman–Crippen LogP) is -9.58. The molecule has 0 radical (unpaired) electrons. The summed E-state index contributed by atoms with van der Waals surface area (Å²) in [5.41, 5.74) is 23.9. The lowest BCUT2D eigenvalue weighted by Crippen LogP contribution is -2.61. The van der Waals surface area contributed by atoms with E-state index in [1.807, 2.05) is 0 Å². The van der Waals surface area contributed by atoms with Gasteiger partial charge < -0.3 is 159 Å². The molecular weight excluding hydrogens is 1720 g/mol. The second kappa shape index (κ2) is 53.8. The smallest absolute Gasteiger partial charge is 0.326 e. The van der Waals surface area contributed by atoms with Crippen LogP contribution < -0.4 is 108 Å². The van der Waals surface area contributed by atoms with Gasteiger partial charge in [0.25, 0.3) is 0 Å². The largest absolute Gasteiger partial charge is 0.481 e. The fraction of sp³-hybridized carbons (Fsp3) is 0.538. The minimum absolute atomic E-state index is 0.0322. The van der Waals surface area contributed by atoms with Gasteiger partial charge in [-0.3, -0.25) is 92.9 Å². The molecule has 5 rings (SSSR count). The number of carboxylic acid groups (broad SMARTS) is 3. The maximum Gasteiger partial charge on any atom is 0.326 e. The van der Waals surface area contributed by atoms with Crippen LogP contribution in [-0.2, 0) is 94.3 Å². The zero-order valence-corrected chi connectivity index (χ0v) is 72.0. The van der Waals surface area contributed by atoms with Crippen molar-refractivity contribution in [3.8, 4) is 0 Å². The highest BCUT2D eigenvalue weighted by Gasteiger charge is 2.42. The van der Waals surface area contributed by atoms with Gasteiger partial charge in [0, 0.05) is 86.1 Å². The summed E-state index contributed by atoms with van der Waals surface area (Å²) in [5, 5.41) is 133. The van der Waals surface area contributed by atoms with Crippen LogP contribution in [-0.4, -0.2) is 324 Å². The van der Waals surface area contributed by atoms with Crippen molar-refractivity contribution in [3.63, 3.8) is 0 Å². The van der Waals surface area contributed by atoms with Gasteiger partial charge in [-0.1, -0.05) is 36.4 Å². The van der Waals surface area contributed by atoms with E-state index in [0.717, 1.165) is 11.8 Å². The number of rotatable bonds is 57. The molecule has 2 aromatic carbocycles. The summed E-state index contributed by atoms with van der Waals surface area (Å²) in [7, 11) is 0. The summed E-state index contributed by atoms with van der Waals surface area (Å²) in [5.74, 6) is -20.7. The number of para-hydroxylation sites is 2. The summed E-state index contributed by atoms with van der Waals surface area (Å²) in [4.78, 5) is 242. The Balaban J connectivity index is 1.39. The number of benzene rings is 2. The van der Waals surface area contributed by atoms with Crippen LogP contribution in [0.15, 0.2) is 60.9 Å². The van der Waals surface area contributed by atoms with E-state index < -0.39 is 255 Å². The molecule has 0 aliphatic carbocycles. The van der Waals surface area contributed by atoms with E-state index in [0.29, 0.717) is 32.9 Å². The van der Waals surface area contributed by atoms with Gasteiger partial charge in [0.1, 0.15) is 84.6 Å². The summed E-state index contributed by atoms with van der Waals surface area (Å²) >= 11 is 1.23. The maximum absolute atomic E-state index is 14.9. The molecule has 51 heteroatoms. The molecule has 4 aromatic rings. The number of aromatic amines is 2. The number of guanidine groups is 3. The molecule has 36 N–H and O–H groups in total. The average Bonchev–Trinajstić information content (AvgIpc) is 1.69. The highest BCUT2D eigenvalue weighted by molar-refractivity contribution is 7.98. The molecule has 14 amide bonds. The van der Waals surface area contributed by atoms with Gasteiger partial charge in [0.15, 0.2) is 17.9 Å². The average molecular weight is 1840 g/mol. The van der Waals surface area contributed by atoms with E-state index in [1.54, 1.807) is 61.0 Å². The molecule has 0 bridgehead atoms. The number of nitrogens with zero attached hydrogens (tertiary/aromatic N) is 1. The standard InChI is InChI=1S/C78H118N26O24S/c1-38(62(114)94-47(16-8-25-86-76(80)81)65(117)96-49(20-22-59(110)111)67(119)95-48(17-9-26-87-77(82)83)66(118)97-50(24-29-129-3)68(120)102-56(37-107)71(123)99-52(75(127)128)18-10-27-88-78(84)85)92-69(121)54(31-41-33-90-46-15-7-5-13-43(41)46)100-72(124)57-19-11-28-104(57)74(126)51(21-23-60(112)113)98-73(125)61(39(2)108)103-70(122)53(30-40-32-89-45-14-6-4-12-42(40)45)93-58(109)34-91-64(116)55(36-106)101-63(115)44(79)35-105/h4-7,12-15,32-33,38-39,44,47-57,61,89-90,105-108H,8-11,16-31,34-37,79H2,1-3H3,(H,91,116)(H,92,121)(H,93,109)(H,94,114)(H,95,119)(H,96,117)(H,97,118)(H,98,125)(H,99,123)(H,100,124)(H,101,115)(H,102,120)(H,103,122)(H,110,111)(H,112,113)(H,127,128)(H4,80,81,86)(H4,82,83,87)(H4,84,85,88)/t38-,39+,44-,47-,48-,49-,50-,51-,52-,53-,54-,55-,56-,57-,61-/m0/s1. The van der Waals surface area contributed by atoms with Crippen LogP contribution in [0.2, 0.25) is 0 Å². The van der Waals surface area contributed by atoms with Crippen molar-refractivity contribution in [1.29, 1.82) is 16.2 Å². The Bertz CT molecular complexity index is 4610. The highest BCUT2D eigenvalue weighted by atomic mass is 32.2. The normalized spacial score (nSPS) is 15.5. The Hall–Kier alpha value is -13.5. The van der Waals surface area contributed by atoms with E-state index in [9.17, 15) is 117 Å². The lowest BCUT2D eigenvalue weighted by atomic mass is 10.0. The van der Waals surface area contributed by atoms with Gasteiger partial charge in [-0.2, -0.15) is 11.8 Å². The van der Waals surface area contributed by atoms with Crippen molar-refractivity contribution in [3.05, 3.63) is 72.1 Å². The molecule has 15 atom stereocenters. The number of hydrogen-bond acceptors (Lipinski definition) is 26. The van der Waals surface area contributed by atoms with Gasteiger partial charge >= 0.3 is 17.9 Å². The first kappa shape index (κ1) is 106. The van der Waals surface area contributed by atoms with Gasteiger partial charge in [0.2, 0.25) is 82.7 Å². The lowest BCUT2D eigenvalue weighted by molar-refractivity contribution is -0.144. The molecule has 129 heavy (non-hydrogen) atoms. The predicted molar refractivity (Wildman–Crippen MR) is 463 cm³/mol. The van der Waals surface area contributed by atoms with Gasteiger partial charge in [-0.15, -0.1) is 0 Å². The summed E-state index contributed by atoms with van der Waals surface area (Å²) < 4.78 is 0. The number of aromatic nitrogens is 2. The number of thioether (sulfide) groups is 1. The molecule has 0 saturated carbocycles. The Labute approximate surface area is 742 Å². The van der Waals surface area contributed by atoms with Crippen LogP contribution in [0.25, 0.3) is 21.8 Å². The molecule has 0 spiro atoms. The number of nitrogens with two attached hydrogens (primary N) is 4. The molecule has 2 aromatic heterocycles. The third-order valence-electron chi connectivity index (χ3n) is 20.3. The van der Waals surface area contributed by atoms with Crippen molar-refractivity contribution in [2.75, 3.05) is 64.6 Å². The number of aliphatic carboxylic acids is 3. The number of amides is 14. The third-order valence-corrected chi connectivity index (χ3v) is 21.0. The minimum atomic E-state index is -1.97. The lowest BCUT2D eigenvalue weighted by Gasteiger charge is -2.31. The van der Waals surface area contributed by atoms with Crippen molar-refractivity contribution in [2.24, 2.45) is 22.9 Å². The van der Waals surface area contributed by atoms with Gasteiger partial charge in [0.05, 0.1) is 32.5 Å². The molecule has 1 saturated heterocycles. The molecule has 3 heterocycles. The number of H-pyrrole nitrogens is 2. The first-order valence-electron chi connectivity index (χ1n) is 41.2.